The maximum atomic E-state index is 12.7. The normalized spacial score (nSPS) is 23.0. The summed E-state index contributed by atoms with van der Waals surface area (Å²) in [4.78, 5) is 48.5. The van der Waals surface area contributed by atoms with E-state index in [4.69, 9.17) is 4.98 Å². The molecular formula is C21H30N4O3. The molecule has 0 radical (unpaired) electrons. The summed E-state index contributed by atoms with van der Waals surface area (Å²) in [6.07, 6.45) is 9.00. The second-order valence-corrected chi connectivity index (χ2v) is 8.52. The van der Waals surface area contributed by atoms with Crippen LogP contribution < -0.4 is 5.56 Å². The molecule has 1 aromatic heterocycles. The molecule has 3 heterocycles. The van der Waals surface area contributed by atoms with E-state index >= 15 is 0 Å². The molecule has 1 N–H and O–H groups in total. The highest BCUT2D eigenvalue weighted by Crippen LogP contribution is 2.31. The minimum absolute atomic E-state index is 0.0161. The van der Waals surface area contributed by atoms with Gasteiger partial charge in [0.25, 0.3) is 5.56 Å². The molecule has 28 heavy (non-hydrogen) atoms. The highest BCUT2D eigenvalue weighted by atomic mass is 16.2. The SMILES string of the molecule is CC(=O)N1CCCC1c1nc2c(c(=O)[nH]1)CN(C(=O)CC1CCCCC1)CC2. The molecule has 152 valence electrons. The lowest BCUT2D eigenvalue weighted by molar-refractivity contribution is -0.133. The molecule has 1 aromatic rings. The molecule has 1 atom stereocenters. The molecule has 1 saturated heterocycles. The number of H-pyrrole nitrogens is 1. The van der Waals surface area contributed by atoms with Gasteiger partial charge >= 0.3 is 0 Å². The second kappa shape index (κ2) is 8.05. The van der Waals surface area contributed by atoms with Gasteiger partial charge in [0.1, 0.15) is 5.82 Å². The lowest BCUT2D eigenvalue weighted by atomic mass is 9.86. The van der Waals surface area contributed by atoms with Crippen molar-refractivity contribution in [3.8, 4) is 0 Å². The predicted molar refractivity (Wildman–Crippen MR) is 105 cm³/mol. The number of rotatable bonds is 3. The predicted octanol–water partition coefficient (Wildman–Crippen LogP) is 2.31. The number of aromatic amines is 1. The lowest BCUT2D eigenvalue weighted by Gasteiger charge is -2.31. The average molecular weight is 386 g/mol. The zero-order valence-corrected chi connectivity index (χ0v) is 16.7. The Balaban J connectivity index is 1.48. The molecule has 2 fully saturated rings. The van der Waals surface area contributed by atoms with Crippen molar-refractivity contribution in [2.24, 2.45) is 5.92 Å². The number of hydrogen-bond acceptors (Lipinski definition) is 4. The molecule has 0 aromatic carbocycles. The summed E-state index contributed by atoms with van der Waals surface area (Å²) in [5, 5.41) is 0. The van der Waals surface area contributed by atoms with Crippen LogP contribution in [0.3, 0.4) is 0 Å². The summed E-state index contributed by atoms with van der Waals surface area (Å²) < 4.78 is 0. The van der Waals surface area contributed by atoms with Gasteiger partial charge in [0.15, 0.2) is 0 Å². The summed E-state index contributed by atoms with van der Waals surface area (Å²) in [7, 11) is 0. The number of likely N-dealkylation sites (tertiary alicyclic amines) is 1. The zero-order chi connectivity index (χ0) is 19.7. The van der Waals surface area contributed by atoms with Crippen molar-refractivity contribution in [1.29, 1.82) is 0 Å². The van der Waals surface area contributed by atoms with Gasteiger partial charge in [-0.1, -0.05) is 19.3 Å². The number of fused-ring (bicyclic) bond motifs is 1. The summed E-state index contributed by atoms with van der Waals surface area (Å²) in [5.74, 6) is 1.28. The molecule has 7 heteroatoms. The van der Waals surface area contributed by atoms with Gasteiger partial charge in [-0.15, -0.1) is 0 Å². The van der Waals surface area contributed by atoms with E-state index in [0.29, 0.717) is 49.8 Å². The first kappa shape index (κ1) is 19.2. The minimum Gasteiger partial charge on any atom is -0.338 e. The fraction of sp³-hybridized carbons (Fsp3) is 0.714. The highest BCUT2D eigenvalue weighted by molar-refractivity contribution is 5.76. The van der Waals surface area contributed by atoms with Crippen LogP contribution in [0.5, 0.6) is 0 Å². The Morgan fingerprint density at radius 1 is 1.11 bits per heavy atom. The van der Waals surface area contributed by atoms with Gasteiger partial charge in [-0.3, -0.25) is 14.4 Å². The van der Waals surface area contributed by atoms with E-state index in [1.54, 1.807) is 11.8 Å². The van der Waals surface area contributed by atoms with Crippen LogP contribution in [0.4, 0.5) is 0 Å². The van der Waals surface area contributed by atoms with E-state index in [9.17, 15) is 14.4 Å². The van der Waals surface area contributed by atoms with Crippen molar-refractivity contribution in [1.82, 2.24) is 19.8 Å². The molecular weight excluding hydrogens is 356 g/mol. The monoisotopic (exact) mass is 386 g/mol. The first-order valence-corrected chi connectivity index (χ1v) is 10.7. The van der Waals surface area contributed by atoms with Gasteiger partial charge in [0, 0.05) is 32.9 Å². The van der Waals surface area contributed by atoms with Crippen LogP contribution in [0.15, 0.2) is 4.79 Å². The van der Waals surface area contributed by atoms with E-state index in [0.717, 1.165) is 31.4 Å². The number of hydrogen-bond donors (Lipinski definition) is 1. The third-order valence-corrected chi connectivity index (χ3v) is 6.60. The van der Waals surface area contributed by atoms with Crippen LogP contribution in [0.2, 0.25) is 0 Å². The number of carbonyl (C=O) groups excluding carboxylic acids is 2. The summed E-state index contributed by atoms with van der Waals surface area (Å²) in [6, 6.07) is -0.138. The van der Waals surface area contributed by atoms with Crippen LogP contribution in [0.1, 0.15) is 81.4 Å². The summed E-state index contributed by atoms with van der Waals surface area (Å²) in [6.45, 7) is 3.25. The number of aromatic nitrogens is 2. The topological polar surface area (TPSA) is 86.4 Å². The third-order valence-electron chi connectivity index (χ3n) is 6.60. The first-order chi connectivity index (χ1) is 13.5. The Morgan fingerprint density at radius 2 is 1.89 bits per heavy atom. The number of nitrogens with zero attached hydrogens (tertiary/aromatic N) is 3. The molecule has 2 aliphatic heterocycles. The van der Waals surface area contributed by atoms with Crippen molar-refractivity contribution in [3.05, 3.63) is 27.4 Å². The van der Waals surface area contributed by atoms with Gasteiger partial charge < -0.3 is 14.8 Å². The maximum absolute atomic E-state index is 12.7. The number of amides is 2. The standard InChI is InChI=1S/C21H30N4O3/c1-14(26)25-10-5-8-18(25)20-22-17-9-11-24(13-16(17)21(28)23-20)19(27)12-15-6-3-2-4-7-15/h15,18H,2-13H2,1H3,(H,22,23,28). The maximum Gasteiger partial charge on any atom is 0.256 e. The van der Waals surface area contributed by atoms with E-state index < -0.39 is 0 Å². The number of nitrogens with one attached hydrogen (secondary N) is 1. The Morgan fingerprint density at radius 3 is 2.64 bits per heavy atom. The summed E-state index contributed by atoms with van der Waals surface area (Å²) in [5.41, 5.74) is 1.24. The highest BCUT2D eigenvalue weighted by Gasteiger charge is 2.32. The van der Waals surface area contributed by atoms with Crippen molar-refractivity contribution in [3.63, 3.8) is 0 Å². The van der Waals surface area contributed by atoms with Crippen LogP contribution in [-0.2, 0) is 22.6 Å². The third kappa shape index (κ3) is 3.84. The van der Waals surface area contributed by atoms with Crippen molar-refractivity contribution >= 4 is 11.8 Å². The van der Waals surface area contributed by atoms with Crippen molar-refractivity contribution in [2.45, 2.75) is 77.3 Å². The average Bonchev–Trinajstić information content (AvgIpc) is 3.19. The van der Waals surface area contributed by atoms with Crippen LogP contribution >= 0.6 is 0 Å². The molecule has 1 aliphatic carbocycles. The van der Waals surface area contributed by atoms with E-state index in [-0.39, 0.29) is 23.4 Å². The molecule has 3 aliphatic rings. The van der Waals surface area contributed by atoms with Gasteiger partial charge in [-0.05, 0) is 31.6 Å². The molecule has 1 unspecified atom stereocenters. The fourth-order valence-electron chi connectivity index (χ4n) is 5.01. The Hall–Kier alpha value is -2.18. The number of carbonyl (C=O) groups is 2. The van der Waals surface area contributed by atoms with Crippen LogP contribution in [0, 0.1) is 5.92 Å². The van der Waals surface area contributed by atoms with Gasteiger partial charge in [-0.2, -0.15) is 0 Å². The van der Waals surface area contributed by atoms with Gasteiger partial charge in [0.2, 0.25) is 11.8 Å². The largest absolute Gasteiger partial charge is 0.338 e. The Bertz CT molecular complexity index is 812. The van der Waals surface area contributed by atoms with Gasteiger partial charge in [-0.25, -0.2) is 4.98 Å². The Labute approximate surface area is 165 Å². The lowest BCUT2D eigenvalue weighted by Crippen LogP contribution is -2.41. The first-order valence-electron chi connectivity index (χ1n) is 10.7. The Kier molecular flexibility index (Phi) is 5.51. The molecule has 4 rings (SSSR count). The molecule has 0 spiro atoms. The van der Waals surface area contributed by atoms with Crippen LogP contribution in [0.25, 0.3) is 0 Å². The van der Waals surface area contributed by atoms with E-state index in [1.807, 2.05) is 4.90 Å². The smallest absolute Gasteiger partial charge is 0.256 e. The summed E-state index contributed by atoms with van der Waals surface area (Å²) >= 11 is 0. The molecule has 7 nitrogen and oxygen atoms in total. The van der Waals surface area contributed by atoms with Crippen LogP contribution in [-0.4, -0.2) is 44.7 Å². The quantitative estimate of drug-likeness (QED) is 0.864. The molecule has 2 amide bonds. The fourth-order valence-corrected chi connectivity index (χ4v) is 5.01. The second-order valence-electron chi connectivity index (χ2n) is 8.52. The molecule has 1 saturated carbocycles. The van der Waals surface area contributed by atoms with E-state index in [2.05, 4.69) is 4.98 Å². The van der Waals surface area contributed by atoms with Crippen molar-refractivity contribution < 1.29 is 9.59 Å². The van der Waals surface area contributed by atoms with E-state index in [1.165, 1.54) is 19.3 Å². The zero-order valence-electron chi connectivity index (χ0n) is 16.7. The minimum atomic E-state index is -0.162. The molecule has 0 bridgehead atoms. The van der Waals surface area contributed by atoms with Crippen molar-refractivity contribution in [2.75, 3.05) is 13.1 Å². The van der Waals surface area contributed by atoms with Gasteiger partial charge in [0.05, 0.1) is 23.8 Å².